The summed E-state index contributed by atoms with van der Waals surface area (Å²) in [5.74, 6) is 0. The van der Waals surface area contributed by atoms with E-state index in [0.717, 1.165) is 64.2 Å². The molecule has 2 amide bonds. The highest BCUT2D eigenvalue weighted by molar-refractivity contribution is 5.76. The van der Waals surface area contributed by atoms with E-state index in [0.29, 0.717) is 0 Å². The van der Waals surface area contributed by atoms with Gasteiger partial charge in [0.2, 0.25) is 0 Å². The lowest BCUT2D eigenvalue weighted by Gasteiger charge is -2.28. The minimum Gasteiger partial charge on any atom is -0.365 e. The second kappa shape index (κ2) is 6.51. The molecule has 3 aliphatic heterocycles. The lowest BCUT2D eigenvalue weighted by molar-refractivity contribution is 0.170. The van der Waals surface area contributed by atoms with Crippen molar-refractivity contribution >= 4 is 11.7 Å². The normalized spacial score (nSPS) is 24.1. The number of hydrogen-bond donors (Lipinski definition) is 0. The van der Waals surface area contributed by atoms with Crippen molar-refractivity contribution < 1.29 is 4.79 Å². The number of nitrogens with zero attached hydrogens (tertiary/aromatic N) is 5. The van der Waals surface area contributed by atoms with Crippen molar-refractivity contribution in [3.05, 3.63) is 54.1 Å². The second-order valence-electron chi connectivity index (χ2n) is 8.02. The van der Waals surface area contributed by atoms with Crippen LogP contribution in [-0.4, -0.2) is 58.5 Å². The van der Waals surface area contributed by atoms with E-state index in [2.05, 4.69) is 26.9 Å². The van der Waals surface area contributed by atoms with E-state index in [9.17, 15) is 4.79 Å². The van der Waals surface area contributed by atoms with Crippen LogP contribution in [0.1, 0.15) is 30.5 Å². The molecule has 1 atom stereocenters. The smallest absolute Gasteiger partial charge is 0.320 e. The molecule has 0 bridgehead atoms. The number of pyridine rings is 2. The number of carbonyl (C=O) groups is 1. The molecule has 140 valence electrons. The fourth-order valence-electron chi connectivity index (χ4n) is 4.91. The van der Waals surface area contributed by atoms with Gasteiger partial charge >= 0.3 is 6.03 Å². The third-order valence-corrected chi connectivity index (χ3v) is 6.22. The maximum absolute atomic E-state index is 12.9. The van der Waals surface area contributed by atoms with Gasteiger partial charge in [0.25, 0.3) is 0 Å². The Bertz CT molecular complexity index is 835. The zero-order chi connectivity index (χ0) is 18.3. The van der Waals surface area contributed by atoms with Crippen LogP contribution in [0, 0.1) is 0 Å². The van der Waals surface area contributed by atoms with Gasteiger partial charge < -0.3 is 14.7 Å². The van der Waals surface area contributed by atoms with Crippen LogP contribution in [0.25, 0.3) is 0 Å². The largest absolute Gasteiger partial charge is 0.365 e. The van der Waals surface area contributed by atoms with Crippen LogP contribution >= 0.6 is 0 Å². The number of urea groups is 1. The van der Waals surface area contributed by atoms with Crippen molar-refractivity contribution in [2.75, 3.05) is 37.6 Å². The van der Waals surface area contributed by atoms with Crippen molar-refractivity contribution in [3.8, 4) is 0 Å². The van der Waals surface area contributed by atoms with Crippen LogP contribution in [0.2, 0.25) is 0 Å². The summed E-state index contributed by atoms with van der Waals surface area (Å²) in [6.45, 7) is 5.16. The summed E-state index contributed by atoms with van der Waals surface area (Å²) in [4.78, 5) is 28.4. The molecule has 2 aromatic rings. The molecule has 0 saturated carbocycles. The summed E-state index contributed by atoms with van der Waals surface area (Å²) in [6, 6.07) is 8.49. The van der Waals surface area contributed by atoms with E-state index >= 15 is 0 Å². The molecule has 6 nitrogen and oxygen atoms in total. The molecular weight excluding hydrogens is 338 g/mol. The summed E-state index contributed by atoms with van der Waals surface area (Å²) >= 11 is 0. The van der Waals surface area contributed by atoms with Crippen LogP contribution in [-0.2, 0) is 12.0 Å². The quantitative estimate of drug-likeness (QED) is 0.823. The number of likely N-dealkylation sites (tertiary alicyclic amines) is 2. The number of fused-ring (bicyclic) bond motifs is 2. The Labute approximate surface area is 159 Å². The number of carbonyl (C=O) groups excluding carboxylic acids is 1. The average Bonchev–Trinajstić information content (AvgIpc) is 3.44. The van der Waals surface area contributed by atoms with Gasteiger partial charge in [0.1, 0.15) is 0 Å². The van der Waals surface area contributed by atoms with Gasteiger partial charge in [0, 0.05) is 57.9 Å². The Kier molecular flexibility index (Phi) is 3.99. The van der Waals surface area contributed by atoms with E-state index in [1.807, 2.05) is 35.6 Å². The molecule has 2 aromatic heterocycles. The SMILES string of the molecule is O=C(N1CCCC1)N1CCC2(C1)CN(Cc1cccnc1)c1cccnc12. The van der Waals surface area contributed by atoms with E-state index in [-0.39, 0.29) is 11.4 Å². The first-order chi connectivity index (χ1) is 13.3. The topological polar surface area (TPSA) is 52.6 Å². The number of hydrogen-bond acceptors (Lipinski definition) is 4. The standard InChI is InChI=1S/C21H25N5O/c27-20(24-10-1-2-11-24)25-12-7-21(15-25)16-26(14-17-5-3-8-22-13-17)18-6-4-9-23-19(18)21/h3-6,8-9,13H,1-2,7,10-12,14-16H2. The maximum Gasteiger partial charge on any atom is 0.320 e. The van der Waals surface area contributed by atoms with Crippen LogP contribution in [0.5, 0.6) is 0 Å². The molecule has 0 aliphatic carbocycles. The Morgan fingerprint density at radius 2 is 1.89 bits per heavy atom. The lowest BCUT2D eigenvalue weighted by Crippen LogP contribution is -2.43. The average molecular weight is 363 g/mol. The molecule has 1 spiro atoms. The van der Waals surface area contributed by atoms with Crippen LogP contribution < -0.4 is 4.90 Å². The fourth-order valence-corrected chi connectivity index (χ4v) is 4.91. The van der Waals surface area contributed by atoms with E-state index in [1.165, 1.54) is 11.3 Å². The zero-order valence-electron chi connectivity index (χ0n) is 15.5. The molecule has 6 heteroatoms. The highest BCUT2D eigenvalue weighted by Gasteiger charge is 2.50. The fraction of sp³-hybridized carbons (Fsp3) is 0.476. The minimum atomic E-state index is -0.0474. The van der Waals surface area contributed by atoms with Crippen molar-refractivity contribution in [1.29, 1.82) is 0 Å². The number of rotatable bonds is 2. The van der Waals surface area contributed by atoms with E-state index in [1.54, 1.807) is 0 Å². The van der Waals surface area contributed by atoms with E-state index in [4.69, 9.17) is 4.98 Å². The Balaban J connectivity index is 1.39. The summed E-state index contributed by atoms with van der Waals surface area (Å²) in [5.41, 5.74) is 3.52. The summed E-state index contributed by atoms with van der Waals surface area (Å²) in [6.07, 6.45) is 8.88. The molecule has 0 aromatic carbocycles. The van der Waals surface area contributed by atoms with Gasteiger partial charge in [-0.25, -0.2) is 4.79 Å². The second-order valence-corrected chi connectivity index (χ2v) is 8.02. The van der Waals surface area contributed by atoms with Crippen molar-refractivity contribution in [2.24, 2.45) is 0 Å². The summed E-state index contributed by atoms with van der Waals surface area (Å²) < 4.78 is 0. The first kappa shape index (κ1) is 16.5. The number of aromatic nitrogens is 2. The molecule has 5 heterocycles. The monoisotopic (exact) mass is 363 g/mol. The van der Waals surface area contributed by atoms with Crippen molar-refractivity contribution in [3.63, 3.8) is 0 Å². The highest BCUT2D eigenvalue weighted by Crippen LogP contribution is 2.45. The Morgan fingerprint density at radius 3 is 2.70 bits per heavy atom. The van der Waals surface area contributed by atoms with Gasteiger partial charge in [-0.1, -0.05) is 6.07 Å². The van der Waals surface area contributed by atoms with Gasteiger partial charge in [0.05, 0.1) is 16.8 Å². The molecule has 1 unspecified atom stereocenters. The predicted molar refractivity (Wildman–Crippen MR) is 104 cm³/mol. The Hall–Kier alpha value is -2.63. The predicted octanol–water partition coefficient (Wildman–Crippen LogP) is 2.66. The van der Waals surface area contributed by atoms with Gasteiger partial charge in [-0.2, -0.15) is 0 Å². The Morgan fingerprint density at radius 1 is 1.04 bits per heavy atom. The van der Waals surface area contributed by atoms with Gasteiger partial charge in [0.15, 0.2) is 0 Å². The highest BCUT2D eigenvalue weighted by atomic mass is 16.2. The first-order valence-electron chi connectivity index (χ1n) is 9.88. The summed E-state index contributed by atoms with van der Waals surface area (Å²) in [7, 11) is 0. The van der Waals surface area contributed by atoms with Gasteiger partial charge in [-0.3, -0.25) is 9.97 Å². The molecule has 0 radical (unpaired) electrons. The molecular formula is C21H25N5O. The van der Waals surface area contributed by atoms with Crippen LogP contribution in [0.4, 0.5) is 10.5 Å². The van der Waals surface area contributed by atoms with E-state index < -0.39 is 0 Å². The molecule has 2 fully saturated rings. The van der Waals surface area contributed by atoms with Crippen molar-refractivity contribution in [1.82, 2.24) is 19.8 Å². The maximum atomic E-state index is 12.9. The molecule has 27 heavy (non-hydrogen) atoms. The first-order valence-corrected chi connectivity index (χ1v) is 9.88. The van der Waals surface area contributed by atoms with Crippen LogP contribution in [0.3, 0.4) is 0 Å². The molecule has 2 saturated heterocycles. The van der Waals surface area contributed by atoms with Crippen LogP contribution in [0.15, 0.2) is 42.9 Å². The summed E-state index contributed by atoms with van der Waals surface area (Å²) in [5, 5.41) is 0. The molecule has 5 rings (SSSR count). The zero-order valence-corrected chi connectivity index (χ0v) is 15.5. The number of amides is 2. The van der Waals surface area contributed by atoms with Crippen molar-refractivity contribution in [2.45, 2.75) is 31.2 Å². The third kappa shape index (κ3) is 2.83. The number of anilines is 1. The third-order valence-electron chi connectivity index (χ3n) is 6.22. The molecule has 3 aliphatic rings. The van der Waals surface area contributed by atoms with Gasteiger partial charge in [-0.15, -0.1) is 0 Å². The van der Waals surface area contributed by atoms with Gasteiger partial charge in [-0.05, 0) is 43.0 Å². The lowest BCUT2D eigenvalue weighted by atomic mass is 9.85. The molecule has 0 N–H and O–H groups in total. The minimum absolute atomic E-state index is 0.0474.